The molecule has 1 aliphatic rings. The summed E-state index contributed by atoms with van der Waals surface area (Å²) in [6.07, 6.45) is 5.82. The van der Waals surface area contributed by atoms with Crippen LogP contribution in [0.1, 0.15) is 37.8 Å². The monoisotopic (exact) mass is 508 g/mol. The van der Waals surface area contributed by atoms with Crippen LogP contribution in [0.25, 0.3) is 17.3 Å². The van der Waals surface area contributed by atoms with Crippen LogP contribution in [0.3, 0.4) is 0 Å². The SMILES string of the molecule is CCCCn1cc(/C=C(\Cc2cc3c(cc2OC)OCO3)C(=O)OCC)c(-c2ccc(OC)cc2O)n1. The summed E-state index contributed by atoms with van der Waals surface area (Å²) < 4.78 is 29.0. The Kier molecular flexibility index (Phi) is 8.22. The van der Waals surface area contributed by atoms with Crippen LogP contribution in [-0.2, 0) is 22.5 Å². The zero-order chi connectivity index (χ0) is 26.4. The van der Waals surface area contributed by atoms with Gasteiger partial charge in [-0.1, -0.05) is 13.3 Å². The number of esters is 1. The zero-order valence-electron chi connectivity index (χ0n) is 21.6. The number of aromatic nitrogens is 2. The van der Waals surface area contributed by atoms with Crippen LogP contribution in [0.2, 0.25) is 0 Å². The van der Waals surface area contributed by atoms with Crippen LogP contribution < -0.4 is 18.9 Å². The molecular formula is C28H32N2O7. The van der Waals surface area contributed by atoms with Crippen LogP contribution in [0, 0.1) is 0 Å². The molecule has 1 aromatic heterocycles. The molecule has 0 unspecified atom stereocenters. The Morgan fingerprint density at radius 2 is 1.92 bits per heavy atom. The van der Waals surface area contributed by atoms with Crippen molar-refractivity contribution in [1.29, 1.82) is 0 Å². The van der Waals surface area contributed by atoms with E-state index in [0.29, 0.717) is 51.9 Å². The predicted octanol–water partition coefficient (Wildman–Crippen LogP) is 4.99. The van der Waals surface area contributed by atoms with Crippen LogP contribution >= 0.6 is 0 Å². The Hall–Kier alpha value is -4.14. The molecule has 0 aliphatic carbocycles. The Bertz CT molecular complexity index is 1300. The van der Waals surface area contributed by atoms with Crippen molar-refractivity contribution < 1.29 is 33.6 Å². The zero-order valence-corrected chi connectivity index (χ0v) is 21.6. The lowest BCUT2D eigenvalue weighted by Gasteiger charge is -2.12. The summed E-state index contributed by atoms with van der Waals surface area (Å²) in [6, 6.07) is 8.62. The maximum atomic E-state index is 13.1. The van der Waals surface area contributed by atoms with E-state index < -0.39 is 5.97 Å². The number of aryl methyl sites for hydroxylation is 1. The van der Waals surface area contributed by atoms with Gasteiger partial charge in [-0.3, -0.25) is 4.68 Å². The van der Waals surface area contributed by atoms with Gasteiger partial charge in [0.25, 0.3) is 0 Å². The Morgan fingerprint density at radius 3 is 2.59 bits per heavy atom. The molecule has 1 aliphatic heterocycles. The molecule has 0 atom stereocenters. The molecule has 1 N–H and O–H groups in total. The Balaban J connectivity index is 1.80. The predicted molar refractivity (Wildman–Crippen MR) is 138 cm³/mol. The van der Waals surface area contributed by atoms with Gasteiger partial charge in [0.05, 0.1) is 20.8 Å². The summed E-state index contributed by atoms with van der Waals surface area (Å²) >= 11 is 0. The first-order valence-corrected chi connectivity index (χ1v) is 12.3. The van der Waals surface area contributed by atoms with E-state index in [1.807, 2.05) is 16.9 Å². The van der Waals surface area contributed by atoms with E-state index in [4.69, 9.17) is 28.8 Å². The lowest BCUT2D eigenvalue weighted by atomic mass is 9.99. The number of methoxy groups -OCH3 is 2. The van der Waals surface area contributed by atoms with Gasteiger partial charge in [0.2, 0.25) is 6.79 Å². The number of carbonyl (C=O) groups is 1. The number of unbranched alkanes of at least 4 members (excludes halogenated alkanes) is 1. The lowest BCUT2D eigenvalue weighted by Crippen LogP contribution is -2.10. The highest BCUT2D eigenvalue weighted by Crippen LogP contribution is 2.39. The summed E-state index contributed by atoms with van der Waals surface area (Å²) in [6.45, 7) is 4.95. The highest BCUT2D eigenvalue weighted by atomic mass is 16.7. The van der Waals surface area contributed by atoms with E-state index in [2.05, 4.69) is 6.92 Å². The molecule has 0 saturated heterocycles. The molecule has 0 spiro atoms. The minimum absolute atomic E-state index is 0.0323. The smallest absolute Gasteiger partial charge is 0.334 e. The van der Waals surface area contributed by atoms with Crippen LogP contribution in [0.15, 0.2) is 42.1 Å². The number of hydrogen-bond donors (Lipinski definition) is 1. The highest BCUT2D eigenvalue weighted by molar-refractivity contribution is 5.95. The van der Waals surface area contributed by atoms with E-state index in [-0.39, 0.29) is 25.6 Å². The number of rotatable bonds is 11. The second-order valence-corrected chi connectivity index (χ2v) is 8.52. The number of phenols is 1. The number of aromatic hydroxyl groups is 1. The quantitative estimate of drug-likeness (QED) is 0.286. The van der Waals surface area contributed by atoms with Gasteiger partial charge in [-0.25, -0.2) is 4.79 Å². The minimum Gasteiger partial charge on any atom is -0.507 e. The van der Waals surface area contributed by atoms with E-state index >= 15 is 0 Å². The minimum atomic E-state index is -0.451. The van der Waals surface area contributed by atoms with Gasteiger partial charge in [0, 0.05) is 53.6 Å². The molecule has 37 heavy (non-hydrogen) atoms. The fourth-order valence-corrected chi connectivity index (χ4v) is 4.12. The lowest BCUT2D eigenvalue weighted by molar-refractivity contribution is -0.138. The molecule has 0 bridgehead atoms. The van der Waals surface area contributed by atoms with E-state index in [1.165, 1.54) is 13.2 Å². The first-order valence-electron chi connectivity index (χ1n) is 12.3. The van der Waals surface area contributed by atoms with Crippen molar-refractivity contribution >= 4 is 12.0 Å². The summed E-state index contributed by atoms with van der Waals surface area (Å²) in [5.74, 6) is 1.88. The highest BCUT2D eigenvalue weighted by Gasteiger charge is 2.22. The number of phenolic OH excluding ortho intramolecular Hbond substituents is 1. The van der Waals surface area contributed by atoms with Crippen molar-refractivity contribution in [3.8, 4) is 40.0 Å². The standard InChI is InChI=1S/C28H32N2O7/c1-5-7-10-30-16-20(27(29-30)22-9-8-21(33-3)14-23(22)31)12-19(28(32)35-6-2)11-18-13-25-26(37-17-36-25)15-24(18)34-4/h8-9,12-16,31H,5-7,10-11,17H2,1-4H3/b19-12+. The summed E-state index contributed by atoms with van der Waals surface area (Å²) in [5.41, 5.74) is 2.92. The topological polar surface area (TPSA) is 101 Å². The molecule has 2 aromatic carbocycles. The molecule has 9 heteroatoms. The average Bonchev–Trinajstić information content (AvgIpc) is 3.52. The fourth-order valence-electron chi connectivity index (χ4n) is 4.12. The summed E-state index contributed by atoms with van der Waals surface area (Å²) in [4.78, 5) is 13.1. The van der Waals surface area contributed by atoms with Crippen molar-refractivity contribution in [3.05, 3.63) is 53.2 Å². The van der Waals surface area contributed by atoms with Crippen LogP contribution in [0.4, 0.5) is 0 Å². The first-order chi connectivity index (χ1) is 18.0. The van der Waals surface area contributed by atoms with E-state index in [1.54, 1.807) is 38.3 Å². The molecule has 0 fully saturated rings. The molecule has 3 aromatic rings. The van der Waals surface area contributed by atoms with Crippen molar-refractivity contribution in [1.82, 2.24) is 9.78 Å². The van der Waals surface area contributed by atoms with Gasteiger partial charge < -0.3 is 28.8 Å². The third kappa shape index (κ3) is 5.82. The number of fused-ring (bicyclic) bond motifs is 1. The van der Waals surface area contributed by atoms with E-state index in [9.17, 15) is 9.90 Å². The molecule has 0 amide bonds. The Morgan fingerprint density at radius 1 is 1.14 bits per heavy atom. The van der Waals surface area contributed by atoms with E-state index in [0.717, 1.165) is 18.4 Å². The van der Waals surface area contributed by atoms with Crippen LogP contribution in [-0.4, -0.2) is 48.5 Å². The molecule has 0 saturated carbocycles. The molecule has 2 heterocycles. The largest absolute Gasteiger partial charge is 0.507 e. The third-order valence-electron chi connectivity index (χ3n) is 6.01. The number of nitrogens with zero attached hydrogens (tertiary/aromatic N) is 2. The number of hydrogen-bond acceptors (Lipinski definition) is 8. The van der Waals surface area contributed by atoms with Gasteiger partial charge in [-0.05, 0) is 37.6 Å². The van der Waals surface area contributed by atoms with Gasteiger partial charge in [-0.15, -0.1) is 0 Å². The average molecular weight is 509 g/mol. The molecular weight excluding hydrogens is 476 g/mol. The fraction of sp³-hybridized carbons (Fsp3) is 0.357. The van der Waals surface area contributed by atoms with Gasteiger partial charge in [-0.2, -0.15) is 5.10 Å². The second-order valence-electron chi connectivity index (χ2n) is 8.52. The molecule has 4 rings (SSSR count). The first kappa shape index (κ1) is 25.9. The number of ether oxygens (including phenoxy) is 5. The number of carbonyl (C=O) groups excluding carboxylic acids is 1. The maximum absolute atomic E-state index is 13.1. The van der Waals surface area contributed by atoms with Gasteiger partial charge in [0.15, 0.2) is 11.5 Å². The summed E-state index contributed by atoms with van der Waals surface area (Å²) in [7, 11) is 3.11. The normalized spacial score (nSPS) is 12.5. The summed E-state index contributed by atoms with van der Waals surface area (Å²) in [5, 5.41) is 15.5. The van der Waals surface area contributed by atoms with Crippen molar-refractivity contribution in [2.24, 2.45) is 0 Å². The maximum Gasteiger partial charge on any atom is 0.334 e. The van der Waals surface area contributed by atoms with Crippen LogP contribution in [0.5, 0.6) is 28.7 Å². The second kappa shape index (κ2) is 11.7. The third-order valence-corrected chi connectivity index (χ3v) is 6.01. The van der Waals surface area contributed by atoms with Gasteiger partial charge >= 0.3 is 5.97 Å². The Labute approximate surface area is 216 Å². The molecule has 0 radical (unpaired) electrons. The molecule has 196 valence electrons. The van der Waals surface area contributed by atoms with Crippen molar-refractivity contribution in [2.75, 3.05) is 27.6 Å². The van der Waals surface area contributed by atoms with Crippen molar-refractivity contribution in [3.63, 3.8) is 0 Å². The van der Waals surface area contributed by atoms with Gasteiger partial charge in [0.1, 0.15) is 22.9 Å². The number of benzene rings is 2. The molecule has 9 nitrogen and oxygen atoms in total. The van der Waals surface area contributed by atoms with Crippen molar-refractivity contribution in [2.45, 2.75) is 39.7 Å².